The highest BCUT2D eigenvalue weighted by Gasteiger charge is 2.33. The van der Waals surface area contributed by atoms with Crippen LogP contribution in [0.25, 0.3) is 0 Å². The number of ether oxygens (including phenoxy) is 1. The van der Waals surface area contributed by atoms with Crippen LogP contribution in [-0.4, -0.2) is 65.1 Å². The van der Waals surface area contributed by atoms with Crippen LogP contribution in [0.2, 0.25) is 5.02 Å². The Labute approximate surface area is 246 Å². The fourth-order valence-corrected chi connectivity index (χ4v) is 5.08. The number of carbonyl (C=O) groups excluding carboxylic acids is 1. The van der Waals surface area contributed by atoms with Crippen molar-refractivity contribution in [1.82, 2.24) is 24.8 Å². The second-order valence-electron chi connectivity index (χ2n) is 11.4. The minimum Gasteiger partial charge on any atom is -0.444 e. The Morgan fingerprint density at radius 2 is 1.93 bits per heavy atom. The number of hydrogen-bond donors (Lipinski definition) is 3. The van der Waals surface area contributed by atoms with E-state index in [1.165, 1.54) is 25.6 Å². The molecule has 1 aromatic carbocycles. The van der Waals surface area contributed by atoms with Crippen molar-refractivity contribution in [2.45, 2.75) is 58.6 Å². The van der Waals surface area contributed by atoms with Gasteiger partial charge in [-0.3, -0.25) is 9.29 Å². The third kappa shape index (κ3) is 7.53. The van der Waals surface area contributed by atoms with Crippen molar-refractivity contribution in [3.8, 4) is 0 Å². The van der Waals surface area contributed by atoms with Crippen LogP contribution >= 0.6 is 11.6 Å². The molecule has 3 aromatic rings. The zero-order chi connectivity index (χ0) is 29.9. The van der Waals surface area contributed by atoms with Crippen LogP contribution in [-0.2, 0) is 34.0 Å². The number of amides is 1. The fraction of sp³-hybridized carbons (Fsp3) is 0.444. The maximum absolute atomic E-state index is 12.8. The number of thiol groups is 1. The second kappa shape index (κ2) is 12.0. The lowest BCUT2D eigenvalue weighted by molar-refractivity contribution is 0.0225. The Bertz CT molecular complexity index is 1500. The minimum absolute atomic E-state index is 0.134. The number of aromatic nitrogens is 4. The number of fused-ring (bicyclic) bond motifs is 1. The van der Waals surface area contributed by atoms with Gasteiger partial charge in [0.05, 0.1) is 12.7 Å². The van der Waals surface area contributed by atoms with Gasteiger partial charge in [-0.25, -0.2) is 23.2 Å². The standard InChI is InChI=1S/C27H35ClN8O4S/c1-26(2,3)40-25(37)36-12-9-17-13-18(7-8-19(17)27(4,5)16-36)33-24-32-14-20(28)22(34-24)31-15-21-23(30-11-10-29-21)35(6)41(38)39/h7-8,10-11,13-14,41H,9,12,15-16H2,1-6H3,(H2,31,32,33,34). The highest BCUT2D eigenvalue weighted by Crippen LogP contribution is 2.34. The molecule has 0 unspecified atom stereocenters. The van der Waals surface area contributed by atoms with Crippen LogP contribution in [0.15, 0.2) is 36.8 Å². The molecule has 0 aliphatic carbocycles. The first kappa shape index (κ1) is 30.3. The van der Waals surface area contributed by atoms with Crippen molar-refractivity contribution in [2.24, 2.45) is 0 Å². The zero-order valence-electron chi connectivity index (χ0n) is 23.9. The molecule has 12 nitrogen and oxygen atoms in total. The molecule has 0 fully saturated rings. The molecule has 1 aliphatic heterocycles. The molecule has 0 radical (unpaired) electrons. The molecule has 220 valence electrons. The zero-order valence-corrected chi connectivity index (χ0v) is 25.6. The molecule has 2 N–H and O–H groups in total. The maximum Gasteiger partial charge on any atom is 0.410 e. The molecule has 0 saturated heterocycles. The molecule has 2 aromatic heterocycles. The molecular weight excluding hydrogens is 568 g/mol. The maximum atomic E-state index is 12.8. The Balaban J connectivity index is 1.50. The van der Waals surface area contributed by atoms with E-state index in [4.69, 9.17) is 16.3 Å². The number of rotatable bonds is 7. The second-order valence-corrected chi connectivity index (χ2v) is 12.8. The largest absolute Gasteiger partial charge is 0.444 e. The molecule has 3 heterocycles. The van der Waals surface area contributed by atoms with E-state index in [1.54, 1.807) is 4.90 Å². The van der Waals surface area contributed by atoms with Gasteiger partial charge in [0.25, 0.3) is 0 Å². The number of carbonyl (C=O) groups is 1. The number of anilines is 4. The number of hydrogen-bond acceptors (Lipinski definition) is 10. The van der Waals surface area contributed by atoms with E-state index >= 15 is 0 Å². The summed E-state index contributed by atoms with van der Waals surface area (Å²) in [5.41, 5.74) is 2.64. The minimum atomic E-state index is -2.87. The van der Waals surface area contributed by atoms with Gasteiger partial charge in [-0.2, -0.15) is 4.98 Å². The molecule has 41 heavy (non-hydrogen) atoms. The van der Waals surface area contributed by atoms with E-state index in [9.17, 15) is 13.2 Å². The van der Waals surface area contributed by atoms with E-state index in [-0.39, 0.29) is 28.9 Å². The smallest absolute Gasteiger partial charge is 0.410 e. The van der Waals surface area contributed by atoms with Crippen LogP contribution in [0.5, 0.6) is 0 Å². The predicted molar refractivity (Wildman–Crippen MR) is 159 cm³/mol. The summed E-state index contributed by atoms with van der Waals surface area (Å²) in [6.07, 6.45) is 4.74. The van der Waals surface area contributed by atoms with Gasteiger partial charge >= 0.3 is 6.09 Å². The van der Waals surface area contributed by atoms with Crippen molar-refractivity contribution >= 4 is 51.9 Å². The first-order chi connectivity index (χ1) is 19.2. The van der Waals surface area contributed by atoms with E-state index < -0.39 is 16.5 Å². The number of nitrogens with zero attached hydrogens (tertiary/aromatic N) is 6. The van der Waals surface area contributed by atoms with Gasteiger partial charge in [0, 0.05) is 43.6 Å². The van der Waals surface area contributed by atoms with Crippen molar-refractivity contribution in [2.75, 3.05) is 35.1 Å². The van der Waals surface area contributed by atoms with Gasteiger partial charge in [0.15, 0.2) is 11.6 Å². The molecule has 0 bridgehead atoms. The van der Waals surface area contributed by atoms with Crippen LogP contribution in [0.3, 0.4) is 0 Å². The Morgan fingerprint density at radius 3 is 2.63 bits per heavy atom. The number of benzene rings is 1. The van der Waals surface area contributed by atoms with Gasteiger partial charge in [-0.1, -0.05) is 31.5 Å². The monoisotopic (exact) mass is 602 g/mol. The summed E-state index contributed by atoms with van der Waals surface area (Å²) in [6, 6.07) is 6.07. The van der Waals surface area contributed by atoms with E-state index in [1.807, 2.05) is 32.9 Å². The summed E-state index contributed by atoms with van der Waals surface area (Å²) in [5, 5.41) is 6.61. The van der Waals surface area contributed by atoms with Crippen LogP contribution in [0.1, 0.15) is 51.4 Å². The lowest BCUT2D eigenvalue weighted by Gasteiger charge is -2.32. The van der Waals surface area contributed by atoms with Gasteiger partial charge in [0.1, 0.15) is 16.3 Å². The highest BCUT2D eigenvalue weighted by atomic mass is 35.5. The molecule has 1 aliphatic rings. The third-order valence-corrected chi connectivity index (χ3v) is 7.41. The first-order valence-corrected chi connectivity index (χ1v) is 14.6. The molecule has 0 saturated carbocycles. The lowest BCUT2D eigenvalue weighted by Crippen LogP contribution is -2.42. The third-order valence-electron chi connectivity index (χ3n) is 6.45. The quantitative estimate of drug-likeness (QED) is 0.335. The van der Waals surface area contributed by atoms with Crippen LogP contribution in [0, 0.1) is 0 Å². The Morgan fingerprint density at radius 1 is 1.20 bits per heavy atom. The van der Waals surface area contributed by atoms with Gasteiger partial charge in [0.2, 0.25) is 16.8 Å². The lowest BCUT2D eigenvalue weighted by atomic mass is 9.81. The first-order valence-electron chi connectivity index (χ1n) is 13.1. The van der Waals surface area contributed by atoms with E-state index in [2.05, 4.69) is 50.5 Å². The van der Waals surface area contributed by atoms with E-state index in [0.29, 0.717) is 37.0 Å². The van der Waals surface area contributed by atoms with Crippen LogP contribution < -0.4 is 14.9 Å². The molecular formula is C27H35ClN8O4S. The molecule has 0 spiro atoms. The van der Waals surface area contributed by atoms with Crippen molar-refractivity contribution < 1.29 is 17.9 Å². The summed E-state index contributed by atoms with van der Waals surface area (Å²) in [7, 11) is -1.47. The number of nitrogens with one attached hydrogen (secondary N) is 2. The Hall–Kier alpha value is -3.71. The average molecular weight is 603 g/mol. The summed E-state index contributed by atoms with van der Waals surface area (Å²) in [4.78, 5) is 31.8. The number of halogens is 1. The SMILES string of the molecule is CN(c1nccnc1CNc1nc(Nc2ccc3c(c2)CCN(C(=O)OC(C)(C)C)CC3(C)C)ncc1Cl)[SH](=O)=O. The summed E-state index contributed by atoms with van der Waals surface area (Å²) in [6.45, 7) is 11.1. The molecule has 1 amide bonds. The fourth-order valence-electron chi connectivity index (χ4n) is 4.60. The molecule has 4 rings (SSSR count). The Kier molecular flexibility index (Phi) is 8.88. The van der Waals surface area contributed by atoms with E-state index in [0.717, 1.165) is 21.1 Å². The summed E-state index contributed by atoms with van der Waals surface area (Å²) >= 11 is 6.34. The van der Waals surface area contributed by atoms with Gasteiger partial charge in [-0.05, 0) is 50.5 Å². The van der Waals surface area contributed by atoms with Crippen molar-refractivity contribution in [3.63, 3.8) is 0 Å². The molecule has 14 heteroatoms. The summed E-state index contributed by atoms with van der Waals surface area (Å²) in [5.74, 6) is 0.871. The average Bonchev–Trinajstić information content (AvgIpc) is 3.03. The van der Waals surface area contributed by atoms with Gasteiger partial charge < -0.3 is 20.3 Å². The topological polar surface area (TPSA) is 143 Å². The van der Waals surface area contributed by atoms with Gasteiger partial charge in [-0.15, -0.1) is 0 Å². The highest BCUT2D eigenvalue weighted by molar-refractivity contribution is 7.74. The predicted octanol–water partition coefficient (Wildman–Crippen LogP) is 4.31. The van der Waals surface area contributed by atoms with Crippen molar-refractivity contribution in [3.05, 3.63) is 58.6 Å². The normalized spacial score (nSPS) is 14.7. The molecule has 0 atom stereocenters. The van der Waals surface area contributed by atoms with Crippen LogP contribution in [0.4, 0.5) is 28.1 Å². The van der Waals surface area contributed by atoms with Crippen molar-refractivity contribution in [1.29, 1.82) is 0 Å². The summed E-state index contributed by atoms with van der Waals surface area (Å²) < 4.78 is 29.5.